The maximum absolute atomic E-state index is 12.3. The lowest BCUT2D eigenvalue weighted by Crippen LogP contribution is -2.12. The maximum Gasteiger partial charge on any atom is 0.255 e. The van der Waals surface area contributed by atoms with Crippen LogP contribution in [0.1, 0.15) is 10.4 Å². The molecule has 0 fully saturated rings. The predicted molar refractivity (Wildman–Crippen MR) is 94.6 cm³/mol. The molecule has 3 N–H and O–H groups in total. The van der Waals surface area contributed by atoms with Gasteiger partial charge in [-0.05, 0) is 48.5 Å². The van der Waals surface area contributed by atoms with E-state index in [-0.39, 0.29) is 5.91 Å². The van der Waals surface area contributed by atoms with Crippen LogP contribution in [0, 0.1) is 0 Å². The second-order valence-electron chi connectivity index (χ2n) is 4.94. The monoisotopic (exact) mass is 345 g/mol. The standard InChI is InChI=1S/C17H13Cl2N3O/c18-14-9-12(10-15(19)16(14)20)21-17(23)11-3-5-13(6-4-11)22-7-1-2-8-22/h1-10H,20H2,(H,21,23). The second kappa shape index (κ2) is 6.36. The summed E-state index contributed by atoms with van der Waals surface area (Å²) in [5.41, 5.74) is 7.97. The number of anilines is 2. The number of nitrogens with zero attached hydrogens (tertiary/aromatic N) is 1. The predicted octanol–water partition coefficient (Wildman–Crippen LogP) is 4.62. The first-order chi connectivity index (χ1) is 11.0. The van der Waals surface area contributed by atoms with Gasteiger partial charge in [-0.2, -0.15) is 0 Å². The van der Waals surface area contributed by atoms with Crippen molar-refractivity contribution in [1.29, 1.82) is 0 Å². The SMILES string of the molecule is Nc1c(Cl)cc(NC(=O)c2ccc(-n3cccc3)cc2)cc1Cl. The molecule has 0 radical (unpaired) electrons. The van der Waals surface area contributed by atoms with Crippen molar-refractivity contribution in [3.63, 3.8) is 0 Å². The minimum absolute atomic E-state index is 0.249. The third kappa shape index (κ3) is 3.33. The first-order valence-corrected chi connectivity index (χ1v) is 7.59. The normalized spacial score (nSPS) is 10.5. The van der Waals surface area contributed by atoms with Crippen molar-refractivity contribution in [3.8, 4) is 5.69 Å². The molecule has 0 saturated carbocycles. The molecule has 0 saturated heterocycles. The summed E-state index contributed by atoms with van der Waals surface area (Å²) in [7, 11) is 0. The molecule has 0 unspecified atom stereocenters. The average molecular weight is 346 g/mol. The Labute approximate surface area is 143 Å². The minimum atomic E-state index is -0.249. The molecule has 0 atom stereocenters. The zero-order chi connectivity index (χ0) is 16.4. The van der Waals surface area contributed by atoms with Gasteiger partial charge in [-0.25, -0.2) is 0 Å². The number of carbonyl (C=O) groups excluding carboxylic acids is 1. The molecule has 3 aromatic rings. The van der Waals surface area contributed by atoms with Crippen molar-refractivity contribution in [2.75, 3.05) is 11.1 Å². The molecule has 0 aliphatic heterocycles. The average Bonchev–Trinajstić information content (AvgIpc) is 3.07. The molecular formula is C17H13Cl2N3O. The van der Waals surface area contributed by atoms with Crippen molar-refractivity contribution >= 4 is 40.5 Å². The molecule has 1 heterocycles. The number of amides is 1. The molecule has 1 aromatic heterocycles. The van der Waals surface area contributed by atoms with E-state index in [4.69, 9.17) is 28.9 Å². The highest BCUT2D eigenvalue weighted by molar-refractivity contribution is 6.39. The van der Waals surface area contributed by atoms with Crippen molar-refractivity contribution in [2.45, 2.75) is 0 Å². The summed E-state index contributed by atoms with van der Waals surface area (Å²) in [5, 5.41) is 3.35. The number of carbonyl (C=O) groups is 1. The van der Waals surface area contributed by atoms with Crippen molar-refractivity contribution in [1.82, 2.24) is 4.57 Å². The van der Waals surface area contributed by atoms with E-state index >= 15 is 0 Å². The van der Waals surface area contributed by atoms with Crippen LogP contribution in [0.2, 0.25) is 10.0 Å². The van der Waals surface area contributed by atoms with E-state index in [0.717, 1.165) is 5.69 Å². The molecule has 0 aliphatic carbocycles. The zero-order valence-corrected chi connectivity index (χ0v) is 13.5. The topological polar surface area (TPSA) is 60.0 Å². The fraction of sp³-hybridized carbons (Fsp3) is 0. The Bertz CT molecular complexity index is 820. The van der Waals surface area contributed by atoms with Crippen LogP contribution in [0.25, 0.3) is 5.69 Å². The van der Waals surface area contributed by atoms with Crippen molar-refractivity contribution in [3.05, 3.63) is 76.5 Å². The van der Waals surface area contributed by atoms with Gasteiger partial charge in [-0.1, -0.05) is 23.2 Å². The van der Waals surface area contributed by atoms with Crippen molar-refractivity contribution < 1.29 is 4.79 Å². The van der Waals surface area contributed by atoms with Crippen LogP contribution in [-0.2, 0) is 0 Å². The van der Waals surface area contributed by atoms with Gasteiger partial charge in [0.1, 0.15) is 0 Å². The van der Waals surface area contributed by atoms with Crippen molar-refractivity contribution in [2.24, 2.45) is 0 Å². The molecule has 0 aliphatic rings. The van der Waals surface area contributed by atoms with Crippen LogP contribution in [0.4, 0.5) is 11.4 Å². The molecule has 3 rings (SSSR count). The van der Waals surface area contributed by atoms with Crippen LogP contribution < -0.4 is 11.1 Å². The molecule has 6 heteroatoms. The van der Waals surface area contributed by atoms with Gasteiger partial charge in [-0.15, -0.1) is 0 Å². The van der Waals surface area contributed by atoms with E-state index in [1.54, 1.807) is 24.3 Å². The van der Waals surface area contributed by atoms with Gasteiger partial charge in [0.2, 0.25) is 0 Å². The lowest BCUT2D eigenvalue weighted by Gasteiger charge is -2.09. The molecule has 0 spiro atoms. The van der Waals surface area contributed by atoms with Gasteiger partial charge < -0.3 is 15.6 Å². The molecule has 23 heavy (non-hydrogen) atoms. The Morgan fingerprint density at radius 1 is 1.00 bits per heavy atom. The lowest BCUT2D eigenvalue weighted by atomic mass is 10.2. The number of nitrogens with two attached hydrogens (primary N) is 1. The fourth-order valence-electron chi connectivity index (χ4n) is 2.15. The van der Waals surface area contributed by atoms with Crippen LogP contribution in [-0.4, -0.2) is 10.5 Å². The summed E-state index contributed by atoms with van der Waals surface area (Å²) < 4.78 is 1.96. The molecule has 4 nitrogen and oxygen atoms in total. The molecule has 1 amide bonds. The third-order valence-electron chi connectivity index (χ3n) is 3.37. The highest BCUT2D eigenvalue weighted by Gasteiger charge is 2.10. The van der Waals surface area contributed by atoms with Crippen LogP contribution in [0.3, 0.4) is 0 Å². The third-order valence-corrected chi connectivity index (χ3v) is 3.99. The number of nitrogens with one attached hydrogen (secondary N) is 1. The molecule has 2 aromatic carbocycles. The summed E-state index contributed by atoms with van der Waals surface area (Å²) in [6, 6.07) is 14.3. The van der Waals surface area contributed by atoms with E-state index < -0.39 is 0 Å². The molecule has 116 valence electrons. The van der Waals surface area contributed by atoms with Gasteiger partial charge in [0.05, 0.1) is 15.7 Å². The Morgan fingerprint density at radius 2 is 1.57 bits per heavy atom. The Balaban J connectivity index is 1.78. The maximum atomic E-state index is 12.3. The van der Waals surface area contributed by atoms with Gasteiger partial charge >= 0.3 is 0 Å². The Morgan fingerprint density at radius 3 is 2.13 bits per heavy atom. The van der Waals surface area contributed by atoms with E-state index in [2.05, 4.69) is 5.32 Å². The van der Waals surface area contributed by atoms with Gasteiger partial charge in [0.25, 0.3) is 5.91 Å². The number of nitrogen functional groups attached to an aromatic ring is 1. The smallest absolute Gasteiger partial charge is 0.255 e. The summed E-state index contributed by atoms with van der Waals surface area (Å²) in [6.45, 7) is 0. The molecule has 0 bridgehead atoms. The number of aromatic nitrogens is 1. The lowest BCUT2D eigenvalue weighted by molar-refractivity contribution is 0.102. The fourth-order valence-corrected chi connectivity index (χ4v) is 2.64. The van der Waals surface area contributed by atoms with Crippen LogP contribution in [0.5, 0.6) is 0 Å². The number of halogens is 2. The Hall–Kier alpha value is -2.43. The highest BCUT2D eigenvalue weighted by Crippen LogP contribution is 2.31. The highest BCUT2D eigenvalue weighted by atomic mass is 35.5. The second-order valence-corrected chi connectivity index (χ2v) is 5.76. The number of rotatable bonds is 3. The van der Waals surface area contributed by atoms with Crippen LogP contribution in [0.15, 0.2) is 60.9 Å². The van der Waals surface area contributed by atoms with Gasteiger partial charge in [0, 0.05) is 29.3 Å². The summed E-state index contributed by atoms with van der Waals surface area (Å²) in [5.74, 6) is -0.249. The minimum Gasteiger partial charge on any atom is -0.396 e. The van der Waals surface area contributed by atoms with E-state index in [1.165, 1.54) is 0 Å². The first kappa shape index (κ1) is 15.5. The Kier molecular flexibility index (Phi) is 4.28. The quantitative estimate of drug-likeness (QED) is 0.680. The van der Waals surface area contributed by atoms with E-state index in [0.29, 0.717) is 27.0 Å². The zero-order valence-electron chi connectivity index (χ0n) is 12.0. The molecular weight excluding hydrogens is 333 g/mol. The largest absolute Gasteiger partial charge is 0.396 e. The summed E-state index contributed by atoms with van der Waals surface area (Å²) in [4.78, 5) is 12.3. The summed E-state index contributed by atoms with van der Waals surface area (Å²) >= 11 is 11.9. The van der Waals surface area contributed by atoms with E-state index in [9.17, 15) is 4.79 Å². The van der Waals surface area contributed by atoms with Gasteiger partial charge in [-0.3, -0.25) is 4.79 Å². The van der Waals surface area contributed by atoms with E-state index in [1.807, 2.05) is 41.2 Å². The van der Waals surface area contributed by atoms with Gasteiger partial charge in [0.15, 0.2) is 0 Å². The van der Waals surface area contributed by atoms with Crippen LogP contribution >= 0.6 is 23.2 Å². The first-order valence-electron chi connectivity index (χ1n) is 6.84. The number of hydrogen-bond acceptors (Lipinski definition) is 2. The number of benzene rings is 2. The summed E-state index contributed by atoms with van der Waals surface area (Å²) in [6.07, 6.45) is 3.88. The number of hydrogen-bond donors (Lipinski definition) is 2.